The van der Waals surface area contributed by atoms with E-state index in [0.29, 0.717) is 0 Å². The first-order valence-corrected chi connectivity index (χ1v) is 8.47. The number of halogens is 1. The van der Waals surface area contributed by atoms with Gasteiger partial charge in [0.2, 0.25) is 5.91 Å². The number of hydrogen-bond donors (Lipinski definition) is 1. The molecule has 4 rings (SSSR count). The molecule has 1 aliphatic carbocycles. The third-order valence-electron chi connectivity index (χ3n) is 4.88. The third-order valence-corrected chi connectivity index (χ3v) is 4.88. The Morgan fingerprint density at radius 3 is 2.62 bits per heavy atom. The molecule has 0 unspecified atom stereocenters. The fourth-order valence-electron chi connectivity index (χ4n) is 3.48. The maximum absolute atomic E-state index is 13.3. The summed E-state index contributed by atoms with van der Waals surface area (Å²) >= 11 is 0. The Labute approximate surface area is 140 Å². The average Bonchev–Trinajstić information content (AvgIpc) is 3.18. The fourth-order valence-corrected chi connectivity index (χ4v) is 3.48. The van der Waals surface area contributed by atoms with Gasteiger partial charge in [0.25, 0.3) is 0 Å². The molecule has 2 aromatic rings. The minimum Gasteiger partial charge on any atom is -0.360 e. The van der Waals surface area contributed by atoms with Gasteiger partial charge in [0.15, 0.2) is 0 Å². The van der Waals surface area contributed by atoms with Crippen molar-refractivity contribution in [2.75, 3.05) is 0 Å². The summed E-state index contributed by atoms with van der Waals surface area (Å²) in [6.45, 7) is 0. The molecule has 124 valence electrons. The molecule has 3 nitrogen and oxygen atoms in total. The molecule has 0 radical (unpaired) electrons. The molecule has 4 atom stereocenters. The highest BCUT2D eigenvalue weighted by molar-refractivity contribution is 5.81. The molecule has 0 spiro atoms. The number of hydrogen-bond acceptors (Lipinski definition) is 2. The maximum Gasteiger partial charge on any atom is 0.249 e. The molecule has 24 heavy (non-hydrogen) atoms. The second-order valence-electron chi connectivity index (χ2n) is 6.61. The third kappa shape index (κ3) is 3.20. The first-order chi connectivity index (χ1) is 11.7. The zero-order valence-electron chi connectivity index (χ0n) is 13.3. The van der Waals surface area contributed by atoms with E-state index in [-0.39, 0.29) is 35.9 Å². The number of ether oxygens (including phenoxy) is 1. The second kappa shape index (κ2) is 6.36. The Balaban J connectivity index is 1.32. The van der Waals surface area contributed by atoms with E-state index in [1.165, 1.54) is 6.07 Å². The van der Waals surface area contributed by atoms with Gasteiger partial charge in [-0.3, -0.25) is 4.79 Å². The number of rotatable bonds is 4. The molecular formula is C20H20FNO2. The van der Waals surface area contributed by atoms with Crippen LogP contribution in [-0.2, 0) is 9.53 Å². The van der Waals surface area contributed by atoms with Crippen LogP contribution in [0.1, 0.15) is 42.4 Å². The van der Waals surface area contributed by atoms with Gasteiger partial charge in [0.1, 0.15) is 11.9 Å². The van der Waals surface area contributed by atoms with Crippen LogP contribution in [0.15, 0.2) is 54.6 Å². The van der Waals surface area contributed by atoms with Crippen LogP contribution in [0.5, 0.6) is 0 Å². The molecule has 2 aromatic carbocycles. The quantitative estimate of drug-likeness (QED) is 0.930. The predicted octanol–water partition coefficient (Wildman–Crippen LogP) is 3.72. The van der Waals surface area contributed by atoms with Gasteiger partial charge in [-0.25, -0.2) is 4.39 Å². The van der Waals surface area contributed by atoms with Crippen molar-refractivity contribution in [3.63, 3.8) is 0 Å². The second-order valence-corrected chi connectivity index (χ2v) is 6.61. The van der Waals surface area contributed by atoms with E-state index in [2.05, 4.69) is 5.32 Å². The molecule has 0 bridgehead atoms. The standard InChI is InChI=1S/C20H20FNO2/c21-15-8-4-7-14(11-15)16-12-17(16)22-20(23)19-10-9-18(24-19)13-5-2-1-3-6-13/h1-8,11,16-19H,9-10,12H2,(H,22,23)/t16-,17+,18-,19+/m0/s1. The minimum absolute atomic E-state index is 0.000157. The van der Waals surface area contributed by atoms with Crippen LogP contribution in [0.2, 0.25) is 0 Å². The summed E-state index contributed by atoms with van der Waals surface area (Å²) in [4.78, 5) is 12.4. The van der Waals surface area contributed by atoms with Gasteiger partial charge in [-0.1, -0.05) is 42.5 Å². The Hall–Kier alpha value is -2.20. The molecule has 1 heterocycles. The van der Waals surface area contributed by atoms with Crippen molar-refractivity contribution < 1.29 is 13.9 Å². The lowest BCUT2D eigenvalue weighted by atomic mass is 10.1. The van der Waals surface area contributed by atoms with Gasteiger partial charge in [-0.05, 0) is 42.5 Å². The summed E-state index contributed by atoms with van der Waals surface area (Å²) in [5.41, 5.74) is 2.08. The molecule has 1 saturated carbocycles. The van der Waals surface area contributed by atoms with Crippen molar-refractivity contribution in [2.45, 2.75) is 43.4 Å². The van der Waals surface area contributed by atoms with Crippen LogP contribution in [0.25, 0.3) is 0 Å². The molecule has 2 aliphatic rings. The summed E-state index contributed by atoms with van der Waals surface area (Å²) < 4.78 is 19.2. The van der Waals surface area contributed by atoms with Gasteiger partial charge >= 0.3 is 0 Å². The predicted molar refractivity (Wildman–Crippen MR) is 89.0 cm³/mol. The smallest absolute Gasteiger partial charge is 0.249 e. The van der Waals surface area contributed by atoms with Crippen LogP contribution >= 0.6 is 0 Å². The van der Waals surface area contributed by atoms with Crippen molar-refractivity contribution in [3.05, 3.63) is 71.5 Å². The topological polar surface area (TPSA) is 38.3 Å². The minimum atomic E-state index is -0.385. The Kier molecular flexibility index (Phi) is 4.07. The molecule has 1 amide bonds. The molecule has 1 aliphatic heterocycles. The molecular weight excluding hydrogens is 305 g/mol. The maximum atomic E-state index is 13.3. The summed E-state index contributed by atoms with van der Waals surface area (Å²) in [5, 5.41) is 3.05. The summed E-state index contributed by atoms with van der Waals surface area (Å²) in [6, 6.07) is 16.7. The number of carbonyl (C=O) groups is 1. The van der Waals surface area contributed by atoms with E-state index < -0.39 is 0 Å². The SMILES string of the molecule is O=C(N[C@@H]1C[C@H]1c1cccc(F)c1)[C@H]1CC[C@@H](c2ccccc2)O1. The van der Waals surface area contributed by atoms with Gasteiger partial charge in [-0.2, -0.15) is 0 Å². The van der Waals surface area contributed by atoms with Gasteiger partial charge in [-0.15, -0.1) is 0 Å². The van der Waals surface area contributed by atoms with Crippen LogP contribution in [0, 0.1) is 5.82 Å². The van der Waals surface area contributed by atoms with E-state index in [0.717, 1.165) is 30.4 Å². The normalized spacial score (nSPS) is 28.5. The zero-order chi connectivity index (χ0) is 16.5. The number of benzene rings is 2. The number of nitrogens with one attached hydrogen (secondary N) is 1. The Morgan fingerprint density at radius 1 is 1.04 bits per heavy atom. The number of amides is 1. The Morgan fingerprint density at radius 2 is 1.83 bits per heavy atom. The highest BCUT2D eigenvalue weighted by Gasteiger charge is 2.42. The highest BCUT2D eigenvalue weighted by atomic mass is 19.1. The van der Waals surface area contributed by atoms with Crippen molar-refractivity contribution in [2.24, 2.45) is 0 Å². The molecule has 4 heteroatoms. The average molecular weight is 325 g/mol. The lowest BCUT2D eigenvalue weighted by Gasteiger charge is -2.14. The first-order valence-electron chi connectivity index (χ1n) is 8.47. The molecule has 1 N–H and O–H groups in total. The molecule has 1 saturated heterocycles. The van der Waals surface area contributed by atoms with Crippen molar-refractivity contribution >= 4 is 5.91 Å². The van der Waals surface area contributed by atoms with Crippen molar-refractivity contribution in [3.8, 4) is 0 Å². The molecule has 0 aromatic heterocycles. The van der Waals surface area contributed by atoms with Crippen LogP contribution in [0.3, 0.4) is 0 Å². The van der Waals surface area contributed by atoms with Crippen molar-refractivity contribution in [1.82, 2.24) is 5.32 Å². The number of carbonyl (C=O) groups excluding carboxylic acids is 1. The van der Waals surface area contributed by atoms with Gasteiger partial charge in [0, 0.05) is 12.0 Å². The van der Waals surface area contributed by atoms with E-state index in [4.69, 9.17) is 4.74 Å². The largest absolute Gasteiger partial charge is 0.360 e. The zero-order valence-corrected chi connectivity index (χ0v) is 13.3. The lowest BCUT2D eigenvalue weighted by molar-refractivity contribution is -0.132. The fraction of sp³-hybridized carbons (Fsp3) is 0.350. The van der Waals surface area contributed by atoms with Crippen LogP contribution in [0.4, 0.5) is 4.39 Å². The van der Waals surface area contributed by atoms with Crippen LogP contribution < -0.4 is 5.32 Å². The molecule has 2 fully saturated rings. The summed E-state index contributed by atoms with van der Waals surface area (Å²) in [5.74, 6) is -0.0531. The summed E-state index contributed by atoms with van der Waals surface area (Å²) in [6.07, 6.45) is 2.08. The van der Waals surface area contributed by atoms with Crippen LogP contribution in [-0.4, -0.2) is 18.1 Å². The lowest BCUT2D eigenvalue weighted by Crippen LogP contribution is -2.36. The first kappa shape index (κ1) is 15.3. The summed E-state index contributed by atoms with van der Waals surface area (Å²) in [7, 11) is 0. The van der Waals surface area contributed by atoms with Crippen molar-refractivity contribution in [1.29, 1.82) is 0 Å². The van der Waals surface area contributed by atoms with Gasteiger partial charge in [0.05, 0.1) is 6.10 Å². The monoisotopic (exact) mass is 325 g/mol. The van der Waals surface area contributed by atoms with E-state index in [1.807, 2.05) is 36.4 Å². The van der Waals surface area contributed by atoms with E-state index >= 15 is 0 Å². The highest BCUT2D eigenvalue weighted by Crippen LogP contribution is 2.41. The Bertz CT molecular complexity index is 733. The van der Waals surface area contributed by atoms with E-state index in [9.17, 15) is 9.18 Å². The van der Waals surface area contributed by atoms with E-state index in [1.54, 1.807) is 12.1 Å². The van der Waals surface area contributed by atoms with Gasteiger partial charge < -0.3 is 10.1 Å².